The van der Waals surface area contributed by atoms with Gasteiger partial charge in [-0.15, -0.1) is 34.9 Å². The molecule has 0 bridgehead atoms. The van der Waals surface area contributed by atoms with Crippen LogP contribution >= 0.6 is 0 Å². The van der Waals surface area contributed by atoms with E-state index in [0.29, 0.717) is 6.42 Å². The molecule has 2 aromatic carbocycles. The molecule has 4 heteroatoms. The van der Waals surface area contributed by atoms with E-state index >= 15 is 0 Å². The Hall–Kier alpha value is -1.58. The van der Waals surface area contributed by atoms with Crippen molar-refractivity contribution in [3.8, 4) is 11.3 Å². The first-order chi connectivity index (χ1) is 15.1. The Bertz CT molecular complexity index is 1060. The topological polar surface area (TPSA) is 53.4 Å². The third-order valence-corrected chi connectivity index (χ3v) is 5.64. The Morgan fingerprint density at radius 2 is 1.44 bits per heavy atom. The third kappa shape index (κ3) is 8.27. The largest absolute Gasteiger partial charge is 0.393 e. The first kappa shape index (κ1) is 30.5. The summed E-state index contributed by atoms with van der Waals surface area (Å²) < 4.78 is 0. The van der Waals surface area contributed by atoms with Gasteiger partial charge in [0.25, 0.3) is 0 Å². The molecule has 0 saturated heterocycles. The maximum absolute atomic E-state index is 8.56. The molecule has 3 aromatic rings. The summed E-state index contributed by atoms with van der Waals surface area (Å²) in [6.07, 6.45) is 1.66. The van der Waals surface area contributed by atoms with Crippen LogP contribution in [0.1, 0.15) is 84.1 Å². The van der Waals surface area contributed by atoms with Crippen molar-refractivity contribution in [1.82, 2.24) is 4.98 Å². The van der Waals surface area contributed by atoms with Crippen molar-refractivity contribution in [2.75, 3.05) is 0 Å². The molecule has 2 atom stereocenters. The first-order valence-corrected chi connectivity index (χ1v) is 11.9. The molecule has 2 unspecified atom stereocenters. The Kier molecular flexibility index (Phi) is 10.7. The number of fused-ring (bicyclic) bond motifs is 1. The van der Waals surface area contributed by atoms with E-state index in [1.807, 2.05) is 6.20 Å². The van der Waals surface area contributed by atoms with E-state index < -0.39 is 0 Å². The van der Waals surface area contributed by atoms with Gasteiger partial charge in [0.2, 0.25) is 0 Å². The van der Waals surface area contributed by atoms with Crippen LogP contribution in [0.15, 0.2) is 36.5 Å². The Labute approximate surface area is 220 Å². The van der Waals surface area contributed by atoms with Gasteiger partial charge in [-0.25, -0.2) is 0 Å². The molecule has 3 rings (SSSR count). The van der Waals surface area contributed by atoms with Crippen molar-refractivity contribution in [1.29, 1.82) is 0 Å². The second kappa shape index (κ2) is 11.9. The van der Waals surface area contributed by atoms with Gasteiger partial charge in [0.05, 0.1) is 12.2 Å². The van der Waals surface area contributed by atoms with Crippen LogP contribution in [0, 0.1) is 19.9 Å². The van der Waals surface area contributed by atoms with Crippen molar-refractivity contribution in [3.63, 3.8) is 0 Å². The summed E-state index contributed by atoms with van der Waals surface area (Å²) in [5.74, 6) is 0. The number of aryl methyl sites for hydroxylation is 2. The summed E-state index contributed by atoms with van der Waals surface area (Å²) in [5, 5.41) is 19.6. The van der Waals surface area contributed by atoms with E-state index in [1.54, 1.807) is 13.8 Å². The molecule has 1 heterocycles. The van der Waals surface area contributed by atoms with Crippen LogP contribution in [0.5, 0.6) is 0 Å². The number of rotatable bonds is 3. The maximum atomic E-state index is 8.56. The fraction of sp³-hybridized carbons (Fsp3) is 0.500. The van der Waals surface area contributed by atoms with Gasteiger partial charge in [-0.05, 0) is 64.8 Å². The molecule has 0 saturated carbocycles. The quantitative estimate of drug-likeness (QED) is 0.302. The third-order valence-electron chi connectivity index (χ3n) is 5.64. The first-order valence-electron chi connectivity index (χ1n) is 11.9. The summed E-state index contributed by atoms with van der Waals surface area (Å²) in [6, 6.07) is 14.7. The van der Waals surface area contributed by atoms with Gasteiger partial charge >= 0.3 is 0 Å². The van der Waals surface area contributed by atoms with Gasteiger partial charge in [0, 0.05) is 26.3 Å². The van der Waals surface area contributed by atoms with E-state index in [9.17, 15) is 0 Å². The minimum atomic E-state index is -0.375. The average Bonchev–Trinajstić information content (AvgIpc) is 2.63. The molecule has 1 radical (unpaired) electrons. The van der Waals surface area contributed by atoms with Crippen LogP contribution in [0.4, 0.5) is 0 Å². The predicted octanol–water partition coefficient (Wildman–Crippen LogP) is 7.05. The van der Waals surface area contributed by atoms with Crippen molar-refractivity contribution >= 4 is 10.8 Å². The second-order valence-electron chi connectivity index (χ2n) is 11.5. The van der Waals surface area contributed by atoms with E-state index in [2.05, 4.69) is 91.8 Å². The van der Waals surface area contributed by atoms with Crippen molar-refractivity contribution < 1.29 is 30.3 Å². The van der Waals surface area contributed by atoms with Crippen molar-refractivity contribution in [3.05, 3.63) is 64.8 Å². The summed E-state index contributed by atoms with van der Waals surface area (Å²) >= 11 is 0. The van der Waals surface area contributed by atoms with E-state index in [1.165, 1.54) is 27.5 Å². The second-order valence-corrected chi connectivity index (χ2v) is 11.5. The molecule has 3 nitrogen and oxygen atoms in total. The fourth-order valence-corrected chi connectivity index (χ4v) is 4.07. The fourth-order valence-electron chi connectivity index (χ4n) is 4.07. The van der Waals surface area contributed by atoms with Crippen LogP contribution in [0.2, 0.25) is 0 Å². The Morgan fingerprint density at radius 1 is 0.853 bits per heavy atom. The number of pyridine rings is 1. The molecule has 0 fully saturated rings. The molecule has 189 valence electrons. The SMILES string of the molecule is CC(O)CC(C)O.Cc1[c-]c(-c2nccc3c(C(C)(C)C)cc(C(C)(C)C)cc23)cc(C)c1.[Ir]. The van der Waals surface area contributed by atoms with E-state index in [4.69, 9.17) is 15.2 Å². The number of aliphatic hydroxyl groups excluding tert-OH is 2. The van der Waals surface area contributed by atoms with E-state index in [-0.39, 0.29) is 43.1 Å². The monoisotopic (exact) mass is 641 g/mol. The number of benzene rings is 2. The number of aromatic nitrogens is 1. The zero-order valence-electron chi connectivity index (χ0n) is 22.5. The van der Waals surface area contributed by atoms with Crippen LogP contribution in [0.25, 0.3) is 22.0 Å². The minimum absolute atomic E-state index is 0. The predicted molar refractivity (Wildman–Crippen MR) is 141 cm³/mol. The summed E-state index contributed by atoms with van der Waals surface area (Å²) in [5.41, 5.74) is 7.42. The van der Waals surface area contributed by atoms with Gasteiger partial charge < -0.3 is 15.2 Å². The van der Waals surface area contributed by atoms with Crippen molar-refractivity contribution in [2.45, 2.75) is 98.7 Å². The van der Waals surface area contributed by atoms with Gasteiger partial charge in [-0.3, -0.25) is 0 Å². The molecule has 0 aliphatic carbocycles. The van der Waals surface area contributed by atoms with Crippen molar-refractivity contribution in [2.24, 2.45) is 0 Å². The van der Waals surface area contributed by atoms with E-state index in [0.717, 1.165) is 16.8 Å². The smallest absolute Gasteiger partial charge is 0.0536 e. The van der Waals surface area contributed by atoms with Gasteiger partial charge in [0.15, 0.2) is 0 Å². The van der Waals surface area contributed by atoms with Crippen LogP contribution < -0.4 is 0 Å². The molecule has 0 aliphatic heterocycles. The Morgan fingerprint density at radius 3 is 1.88 bits per heavy atom. The van der Waals surface area contributed by atoms with Crippen LogP contribution in [0.3, 0.4) is 0 Å². The zero-order valence-corrected chi connectivity index (χ0v) is 24.9. The molecular formula is C30H42IrNO2-. The van der Waals surface area contributed by atoms with Gasteiger partial charge in [-0.2, -0.15) is 0 Å². The average molecular weight is 641 g/mol. The number of nitrogens with zero attached hydrogens (tertiary/aromatic N) is 1. The van der Waals surface area contributed by atoms with Gasteiger partial charge in [-0.1, -0.05) is 67.5 Å². The maximum Gasteiger partial charge on any atom is 0.0536 e. The molecule has 2 N–H and O–H groups in total. The normalized spacial score (nSPS) is 13.5. The number of hydrogen-bond acceptors (Lipinski definition) is 3. The standard InChI is InChI=1S/C25H30N.C5H12O2.Ir/c1-16-11-17(2)13-18(12-16)23-21-14-19(24(3,4)5)15-22(25(6,7)8)20(21)9-10-26-23;1-4(6)3-5(2)7;/h9-12,14-15H,1-8H3;4-7H,3H2,1-2H3;/q-1;;. The zero-order chi connectivity index (χ0) is 25.1. The molecule has 0 amide bonds. The molecule has 0 aliphatic rings. The molecule has 0 spiro atoms. The molecule has 34 heavy (non-hydrogen) atoms. The van der Waals surface area contributed by atoms with Crippen LogP contribution in [-0.2, 0) is 30.9 Å². The summed E-state index contributed by atoms with van der Waals surface area (Å²) in [7, 11) is 0. The summed E-state index contributed by atoms with van der Waals surface area (Å²) in [6.45, 7) is 21.3. The number of hydrogen-bond donors (Lipinski definition) is 2. The molecule has 1 aromatic heterocycles. The molecular weight excluding hydrogens is 599 g/mol. The summed E-state index contributed by atoms with van der Waals surface area (Å²) in [4.78, 5) is 4.77. The Balaban J connectivity index is 0.000000633. The minimum Gasteiger partial charge on any atom is -0.393 e. The number of aliphatic hydroxyl groups is 2. The van der Waals surface area contributed by atoms with Crippen LogP contribution in [-0.4, -0.2) is 27.4 Å². The van der Waals surface area contributed by atoms with Gasteiger partial charge in [0.1, 0.15) is 0 Å².